The monoisotopic (exact) mass is 184 g/mol. The van der Waals surface area contributed by atoms with Crippen molar-refractivity contribution in [2.75, 3.05) is 20.1 Å². The average Bonchev–Trinajstić information content (AvgIpc) is 2.58. The minimum absolute atomic E-state index is 0.231. The molecule has 4 heteroatoms. The standard InChI is InChI=1S/C8H12N2OS/c1-10-4-6(7(11)5-10)8-9-2-3-12-8/h2-3,6-7,11H,4-5H2,1H3. The Bertz CT molecular complexity index is 250. The molecule has 1 aliphatic heterocycles. The molecule has 1 aliphatic rings. The molecule has 0 spiro atoms. The van der Waals surface area contributed by atoms with Crippen molar-refractivity contribution in [1.29, 1.82) is 0 Å². The van der Waals surface area contributed by atoms with Gasteiger partial charge in [-0.3, -0.25) is 0 Å². The fourth-order valence-electron chi connectivity index (χ4n) is 1.64. The maximum Gasteiger partial charge on any atom is 0.0995 e. The quantitative estimate of drug-likeness (QED) is 0.692. The third-order valence-corrected chi connectivity index (χ3v) is 3.15. The second-order valence-corrected chi connectivity index (χ2v) is 4.19. The molecule has 1 aromatic rings. The number of hydrogen-bond donors (Lipinski definition) is 1. The zero-order chi connectivity index (χ0) is 8.55. The van der Waals surface area contributed by atoms with Crippen LogP contribution in [0.2, 0.25) is 0 Å². The Morgan fingerprint density at radius 3 is 3.00 bits per heavy atom. The summed E-state index contributed by atoms with van der Waals surface area (Å²) in [6.07, 6.45) is 1.56. The number of aliphatic hydroxyl groups is 1. The van der Waals surface area contributed by atoms with Crippen LogP contribution in [-0.2, 0) is 0 Å². The van der Waals surface area contributed by atoms with Crippen LogP contribution in [0, 0.1) is 0 Å². The first-order chi connectivity index (χ1) is 5.77. The van der Waals surface area contributed by atoms with Gasteiger partial charge in [-0.15, -0.1) is 11.3 Å². The number of likely N-dealkylation sites (tertiary alicyclic amines) is 1. The van der Waals surface area contributed by atoms with Crippen LogP contribution in [0.25, 0.3) is 0 Å². The molecule has 1 N–H and O–H groups in total. The molecule has 12 heavy (non-hydrogen) atoms. The van der Waals surface area contributed by atoms with Crippen molar-refractivity contribution in [2.45, 2.75) is 12.0 Å². The first-order valence-corrected chi connectivity index (χ1v) is 4.91. The number of thiazole rings is 1. The Morgan fingerprint density at radius 2 is 2.50 bits per heavy atom. The van der Waals surface area contributed by atoms with Crippen LogP contribution in [0.15, 0.2) is 11.6 Å². The first-order valence-electron chi connectivity index (χ1n) is 4.03. The van der Waals surface area contributed by atoms with Crippen LogP contribution >= 0.6 is 11.3 Å². The van der Waals surface area contributed by atoms with Gasteiger partial charge < -0.3 is 10.0 Å². The summed E-state index contributed by atoms with van der Waals surface area (Å²) in [5.41, 5.74) is 0. The van der Waals surface area contributed by atoms with Gasteiger partial charge in [-0.2, -0.15) is 0 Å². The maximum atomic E-state index is 9.66. The summed E-state index contributed by atoms with van der Waals surface area (Å²) in [4.78, 5) is 6.35. The predicted octanol–water partition coefficient (Wildman–Crippen LogP) is 0.533. The van der Waals surface area contributed by atoms with Gasteiger partial charge in [0.2, 0.25) is 0 Å². The van der Waals surface area contributed by atoms with E-state index in [-0.39, 0.29) is 12.0 Å². The summed E-state index contributed by atoms with van der Waals surface area (Å²) in [7, 11) is 2.02. The van der Waals surface area contributed by atoms with Gasteiger partial charge >= 0.3 is 0 Å². The Morgan fingerprint density at radius 1 is 1.67 bits per heavy atom. The van der Waals surface area contributed by atoms with Gasteiger partial charge in [0.15, 0.2) is 0 Å². The van der Waals surface area contributed by atoms with Crippen molar-refractivity contribution in [1.82, 2.24) is 9.88 Å². The highest BCUT2D eigenvalue weighted by atomic mass is 32.1. The van der Waals surface area contributed by atoms with Crippen molar-refractivity contribution in [3.8, 4) is 0 Å². The summed E-state index contributed by atoms with van der Waals surface area (Å²) >= 11 is 1.63. The lowest BCUT2D eigenvalue weighted by molar-refractivity contribution is 0.168. The normalized spacial score (nSPS) is 31.2. The molecular formula is C8H12N2OS. The van der Waals surface area contributed by atoms with E-state index >= 15 is 0 Å². The number of hydrogen-bond acceptors (Lipinski definition) is 4. The average molecular weight is 184 g/mol. The molecule has 0 amide bonds. The molecule has 0 aromatic carbocycles. The van der Waals surface area contributed by atoms with Gasteiger partial charge in [0, 0.05) is 24.7 Å². The van der Waals surface area contributed by atoms with Crippen molar-refractivity contribution in [3.63, 3.8) is 0 Å². The van der Waals surface area contributed by atoms with Crippen LogP contribution in [0.3, 0.4) is 0 Å². The summed E-state index contributed by atoms with van der Waals surface area (Å²) < 4.78 is 0. The maximum absolute atomic E-state index is 9.66. The molecule has 2 unspecified atom stereocenters. The van der Waals surface area contributed by atoms with E-state index in [1.54, 1.807) is 17.5 Å². The Balaban J connectivity index is 2.15. The SMILES string of the molecule is CN1CC(O)C(c2nccs2)C1. The largest absolute Gasteiger partial charge is 0.391 e. The molecule has 2 rings (SSSR count). The number of β-amino-alcohol motifs (C(OH)–C–C–N with tert-alkyl or cyclic N) is 1. The number of aromatic nitrogens is 1. The fraction of sp³-hybridized carbons (Fsp3) is 0.625. The molecular weight excluding hydrogens is 172 g/mol. The van der Waals surface area contributed by atoms with Crippen LogP contribution < -0.4 is 0 Å². The van der Waals surface area contributed by atoms with Gasteiger partial charge in [-0.1, -0.05) is 0 Å². The molecule has 0 bridgehead atoms. The highest BCUT2D eigenvalue weighted by molar-refractivity contribution is 7.09. The van der Waals surface area contributed by atoms with Gasteiger partial charge in [0.1, 0.15) is 0 Å². The lowest BCUT2D eigenvalue weighted by Gasteiger charge is -2.08. The van der Waals surface area contributed by atoms with Crippen LogP contribution in [-0.4, -0.2) is 41.2 Å². The van der Waals surface area contributed by atoms with Gasteiger partial charge in [0.25, 0.3) is 0 Å². The molecule has 3 nitrogen and oxygen atoms in total. The van der Waals surface area contributed by atoms with E-state index in [0.29, 0.717) is 0 Å². The summed E-state index contributed by atoms with van der Waals surface area (Å²) in [6, 6.07) is 0. The number of likely N-dealkylation sites (N-methyl/N-ethyl adjacent to an activating group) is 1. The molecule has 0 saturated carbocycles. The topological polar surface area (TPSA) is 36.4 Å². The van der Waals surface area contributed by atoms with E-state index in [4.69, 9.17) is 0 Å². The molecule has 1 saturated heterocycles. The zero-order valence-corrected chi connectivity index (χ0v) is 7.79. The number of rotatable bonds is 1. The van der Waals surface area contributed by atoms with E-state index in [1.807, 2.05) is 12.4 Å². The van der Waals surface area contributed by atoms with Crippen molar-refractivity contribution in [2.24, 2.45) is 0 Å². The Hall–Kier alpha value is -0.450. The molecule has 2 heterocycles. The highest BCUT2D eigenvalue weighted by Gasteiger charge is 2.31. The van der Waals surface area contributed by atoms with Gasteiger partial charge in [-0.05, 0) is 7.05 Å². The van der Waals surface area contributed by atoms with E-state index in [0.717, 1.165) is 18.1 Å². The Labute approximate surface area is 75.7 Å². The van der Waals surface area contributed by atoms with Gasteiger partial charge in [-0.25, -0.2) is 4.98 Å². The van der Waals surface area contributed by atoms with Crippen LogP contribution in [0.1, 0.15) is 10.9 Å². The second kappa shape index (κ2) is 3.12. The fourth-order valence-corrected chi connectivity index (χ4v) is 2.43. The van der Waals surface area contributed by atoms with Crippen molar-refractivity contribution in [3.05, 3.63) is 16.6 Å². The van der Waals surface area contributed by atoms with E-state index in [1.165, 1.54) is 0 Å². The van der Waals surface area contributed by atoms with Crippen molar-refractivity contribution < 1.29 is 5.11 Å². The number of nitrogens with zero attached hydrogens (tertiary/aromatic N) is 2. The highest BCUT2D eigenvalue weighted by Crippen LogP contribution is 2.27. The van der Waals surface area contributed by atoms with Crippen LogP contribution in [0.4, 0.5) is 0 Å². The minimum Gasteiger partial charge on any atom is -0.391 e. The molecule has 2 atom stereocenters. The first kappa shape index (κ1) is 8.16. The minimum atomic E-state index is -0.235. The molecule has 0 radical (unpaired) electrons. The van der Waals surface area contributed by atoms with E-state index < -0.39 is 0 Å². The number of aliphatic hydroxyl groups excluding tert-OH is 1. The molecule has 66 valence electrons. The molecule has 1 fully saturated rings. The lowest BCUT2D eigenvalue weighted by atomic mass is 10.1. The summed E-state index contributed by atoms with van der Waals surface area (Å²) in [6.45, 7) is 1.69. The van der Waals surface area contributed by atoms with Gasteiger partial charge in [0.05, 0.1) is 17.0 Å². The molecule has 0 aliphatic carbocycles. The summed E-state index contributed by atoms with van der Waals surface area (Å²) in [5.74, 6) is 0.231. The second-order valence-electron chi connectivity index (χ2n) is 3.27. The lowest BCUT2D eigenvalue weighted by Crippen LogP contribution is -2.16. The third kappa shape index (κ3) is 1.37. The van der Waals surface area contributed by atoms with E-state index in [9.17, 15) is 5.11 Å². The van der Waals surface area contributed by atoms with Crippen LogP contribution in [0.5, 0.6) is 0 Å². The molecule has 1 aromatic heterocycles. The van der Waals surface area contributed by atoms with Crippen molar-refractivity contribution >= 4 is 11.3 Å². The third-order valence-electron chi connectivity index (χ3n) is 2.24. The van der Waals surface area contributed by atoms with E-state index in [2.05, 4.69) is 9.88 Å². The zero-order valence-electron chi connectivity index (χ0n) is 6.97. The Kier molecular flexibility index (Phi) is 2.12. The smallest absolute Gasteiger partial charge is 0.0995 e. The predicted molar refractivity (Wildman–Crippen MR) is 48.4 cm³/mol. The summed E-state index contributed by atoms with van der Waals surface area (Å²) in [5, 5.41) is 12.7.